The zero-order valence-corrected chi connectivity index (χ0v) is 15.3. The molecule has 1 amide bonds. The summed E-state index contributed by atoms with van der Waals surface area (Å²) in [6.45, 7) is 3.13. The molecule has 0 unspecified atom stereocenters. The number of rotatable bonds is 4. The number of carbonyl (C=O) groups is 1. The van der Waals surface area contributed by atoms with Crippen LogP contribution < -0.4 is 10.6 Å². The number of fused-ring (bicyclic) bond motifs is 1. The van der Waals surface area contributed by atoms with Crippen molar-refractivity contribution in [1.29, 1.82) is 0 Å². The molecule has 2 aromatic rings. The lowest BCUT2D eigenvalue weighted by atomic mass is 10.0. The molecule has 2 fully saturated rings. The van der Waals surface area contributed by atoms with Crippen molar-refractivity contribution < 1.29 is 4.79 Å². The highest BCUT2D eigenvalue weighted by molar-refractivity contribution is 7.16. The molecule has 2 aliphatic rings. The van der Waals surface area contributed by atoms with Crippen molar-refractivity contribution >= 4 is 39.2 Å². The quantitative estimate of drug-likeness (QED) is 0.908. The molecule has 1 saturated carbocycles. The number of hydrogen-bond donors (Lipinski definition) is 1. The number of carbonyl (C=O) groups excluding carboxylic acids is 1. The SMILES string of the molecule is Nc1nc(N2CCN(C(=O)CCC3CCCC3)CC2)c2ccsc2n1. The zero-order valence-electron chi connectivity index (χ0n) is 14.5. The average molecular weight is 359 g/mol. The molecule has 134 valence electrons. The number of hydrogen-bond acceptors (Lipinski definition) is 6. The summed E-state index contributed by atoms with van der Waals surface area (Å²) in [5, 5.41) is 3.07. The topological polar surface area (TPSA) is 75.3 Å². The van der Waals surface area contributed by atoms with Gasteiger partial charge in [0.15, 0.2) is 0 Å². The van der Waals surface area contributed by atoms with E-state index in [1.165, 1.54) is 25.7 Å². The number of nitrogens with zero attached hydrogens (tertiary/aromatic N) is 4. The van der Waals surface area contributed by atoms with Crippen LogP contribution in [0.15, 0.2) is 11.4 Å². The predicted molar refractivity (Wildman–Crippen MR) is 102 cm³/mol. The van der Waals surface area contributed by atoms with Crippen molar-refractivity contribution in [3.05, 3.63) is 11.4 Å². The first-order chi connectivity index (χ1) is 12.2. The number of nitrogens with two attached hydrogens (primary N) is 1. The van der Waals surface area contributed by atoms with Crippen LogP contribution in [0.4, 0.5) is 11.8 Å². The van der Waals surface area contributed by atoms with Gasteiger partial charge in [0.05, 0.1) is 5.39 Å². The molecule has 4 rings (SSSR count). The maximum atomic E-state index is 12.5. The van der Waals surface area contributed by atoms with E-state index in [-0.39, 0.29) is 0 Å². The molecule has 0 aromatic carbocycles. The number of amides is 1. The van der Waals surface area contributed by atoms with Crippen LogP contribution in [0.5, 0.6) is 0 Å². The zero-order chi connectivity index (χ0) is 17.2. The van der Waals surface area contributed by atoms with Gasteiger partial charge in [-0.3, -0.25) is 4.79 Å². The van der Waals surface area contributed by atoms with Crippen molar-refractivity contribution in [1.82, 2.24) is 14.9 Å². The van der Waals surface area contributed by atoms with Gasteiger partial charge in [0.25, 0.3) is 0 Å². The number of thiophene rings is 1. The highest BCUT2D eigenvalue weighted by atomic mass is 32.1. The van der Waals surface area contributed by atoms with Gasteiger partial charge in [0, 0.05) is 32.6 Å². The Bertz CT molecular complexity index is 747. The number of piperazine rings is 1. The molecule has 0 radical (unpaired) electrons. The van der Waals surface area contributed by atoms with Gasteiger partial charge < -0.3 is 15.5 Å². The van der Waals surface area contributed by atoms with Gasteiger partial charge in [-0.05, 0) is 23.8 Å². The summed E-state index contributed by atoms with van der Waals surface area (Å²) in [6.07, 6.45) is 7.09. The summed E-state index contributed by atoms with van der Waals surface area (Å²) in [5.74, 6) is 2.32. The third-order valence-corrected chi connectivity index (χ3v) is 6.30. The van der Waals surface area contributed by atoms with Crippen molar-refractivity contribution in [2.75, 3.05) is 36.8 Å². The van der Waals surface area contributed by atoms with Crippen molar-refractivity contribution in [2.45, 2.75) is 38.5 Å². The summed E-state index contributed by atoms with van der Waals surface area (Å²) >= 11 is 1.58. The minimum absolute atomic E-state index is 0.314. The molecule has 1 aliphatic carbocycles. The Kier molecular flexibility index (Phi) is 4.74. The van der Waals surface area contributed by atoms with Gasteiger partial charge in [0.2, 0.25) is 11.9 Å². The minimum Gasteiger partial charge on any atom is -0.368 e. The van der Waals surface area contributed by atoms with E-state index in [2.05, 4.69) is 14.9 Å². The summed E-state index contributed by atoms with van der Waals surface area (Å²) in [5.41, 5.74) is 5.86. The molecule has 6 nitrogen and oxygen atoms in total. The molecule has 7 heteroatoms. The normalized spacial score (nSPS) is 19.0. The molecular formula is C18H25N5OS. The monoisotopic (exact) mass is 359 g/mol. The molecule has 2 aromatic heterocycles. The third kappa shape index (κ3) is 3.56. The summed E-state index contributed by atoms with van der Waals surface area (Å²) in [6, 6.07) is 2.05. The average Bonchev–Trinajstić information content (AvgIpc) is 3.30. The first-order valence-electron chi connectivity index (χ1n) is 9.24. The molecular weight excluding hydrogens is 334 g/mol. The Balaban J connectivity index is 1.36. The van der Waals surface area contributed by atoms with Crippen LogP contribution in [0, 0.1) is 5.92 Å². The van der Waals surface area contributed by atoms with Crippen LogP contribution in [-0.4, -0.2) is 47.0 Å². The van der Waals surface area contributed by atoms with E-state index in [1.807, 2.05) is 16.3 Å². The highest BCUT2D eigenvalue weighted by Crippen LogP contribution is 2.30. The van der Waals surface area contributed by atoms with Gasteiger partial charge in [-0.15, -0.1) is 11.3 Å². The Morgan fingerprint density at radius 1 is 1.20 bits per heavy atom. The number of nitrogen functional groups attached to an aromatic ring is 1. The molecule has 25 heavy (non-hydrogen) atoms. The molecule has 1 saturated heterocycles. The van der Waals surface area contributed by atoms with Gasteiger partial charge in [-0.25, -0.2) is 4.98 Å². The van der Waals surface area contributed by atoms with Crippen LogP contribution in [-0.2, 0) is 4.79 Å². The minimum atomic E-state index is 0.314. The molecule has 1 aliphatic heterocycles. The fraction of sp³-hybridized carbons (Fsp3) is 0.611. The summed E-state index contributed by atoms with van der Waals surface area (Å²) in [4.78, 5) is 26.4. The number of anilines is 2. The Hall–Kier alpha value is -1.89. The van der Waals surface area contributed by atoms with Crippen molar-refractivity contribution in [3.63, 3.8) is 0 Å². The van der Waals surface area contributed by atoms with Gasteiger partial charge in [0.1, 0.15) is 10.6 Å². The summed E-state index contributed by atoms with van der Waals surface area (Å²) < 4.78 is 0. The maximum Gasteiger partial charge on any atom is 0.223 e. The Labute approximate surface area is 152 Å². The summed E-state index contributed by atoms with van der Waals surface area (Å²) in [7, 11) is 0. The second kappa shape index (κ2) is 7.15. The lowest BCUT2D eigenvalue weighted by Crippen LogP contribution is -2.49. The Morgan fingerprint density at radius 2 is 1.96 bits per heavy atom. The van der Waals surface area contributed by atoms with Crippen LogP contribution in [0.25, 0.3) is 10.2 Å². The molecule has 3 heterocycles. The smallest absolute Gasteiger partial charge is 0.223 e. The molecule has 2 N–H and O–H groups in total. The van der Waals surface area contributed by atoms with E-state index in [4.69, 9.17) is 5.73 Å². The molecule has 0 atom stereocenters. The first-order valence-corrected chi connectivity index (χ1v) is 10.1. The van der Waals surface area contributed by atoms with E-state index >= 15 is 0 Å². The van der Waals surface area contributed by atoms with Crippen molar-refractivity contribution in [2.24, 2.45) is 5.92 Å². The van der Waals surface area contributed by atoms with Crippen LogP contribution in [0.2, 0.25) is 0 Å². The van der Waals surface area contributed by atoms with E-state index in [1.54, 1.807) is 11.3 Å². The van der Waals surface area contributed by atoms with Crippen LogP contribution in [0.3, 0.4) is 0 Å². The van der Waals surface area contributed by atoms with Crippen LogP contribution in [0.1, 0.15) is 38.5 Å². The number of aromatic nitrogens is 2. The van der Waals surface area contributed by atoms with Gasteiger partial charge in [-0.2, -0.15) is 4.98 Å². The second-order valence-corrected chi connectivity index (χ2v) is 8.00. The molecule has 0 spiro atoms. The van der Waals surface area contributed by atoms with Gasteiger partial charge >= 0.3 is 0 Å². The van der Waals surface area contributed by atoms with E-state index in [9.17, 15) is 4.79 Å². The second-order valence-electron chi connectivity index (χ2n) is 7.10. The maximum absolute atomic E-state index is 12.5. The Morgan fingerprint density at radius 3 is 2.72 bits per heavy atom. The lowest BCUT2D eigenvalue weighted by Gasteiger charge is -2.35. The van der Waals surface area contributed by atoms with Gasteiger partial charge in [-0.1, -0.05) is 25.7 Å². The fourth-order valence-electron chi connectivity index (χ4n) is 4.05. The van der Waals surface area contributed by atoms with E-state index in [0.717, 1.165) is 54.6 Å². The molecule has 0 bridgehead atoms. The standard InChI is InChI=1S/C18H25N5OS/c19-18-20-16(14-7-12-25-17(14)21-18)23-10-8-22(9-11-23)15(24)6-5-13-3-1-2-4-13/h7,12-13H,1-6,8-11H2,(H2,19,20,21). The largest absolute Gasteiger partial charge is 0.368 e. The van der Waals surface area contributed by atoms with Crippen LogP contribution >= 0.6 is 11.3 Å². The first kappa shape index (κ1) is 16.6. The van der Waals surface area contributed by atoms with E-state index < -0.39 is 0 Å². The van der Waals surface area contributed by atoms with Crippen molar-refractivity contribution in [3.8, 4) is 0 Å². The highest BCUT2D eigenvalue weighted by Gasteiger charge is 2.24. The third-order valence-electron chi connectivity index (χ3n) is 5.50. The fourth-order valence-corrected chi connectivity index (χ4v) is 4.81. The predicted octanol–water partition coefficient (Wildman–Crippen LogP) is 2.89. The van der Waals surface area contributed by atoms with E-state index in [0.29, 0.717) is 18.3 Å². The lowest BCUT2D eigenvalue weighted by molar-refractivity contribution is -0.131.